The van der Waals surface area contributed by atoms with Crippen molar-refractivity contribution in [2.24, 2.45) is 0 Å². The molecule has 0 aromatic carbocycles. The molecule has 0 saturated heterocycles. The summed E-state index contributed by atoms with van der Waals surface area (Å²) in [5.74, 6) is -0.0180. The fourth-order valence-electron chi connectivity index (χ4n) is 3.34. The molecule has 0 rings (SSSR count). The van der Waals surface area contributed by atoms with Gasteiger partial charge >= 0.3 is 5.97 Å². The van der Waals surface area contributed by atoms with E-state index in [1.165, 1.54) is 103 Å². The van der Waals surface area contributed by atoms with E-state index < -0.39 is 0 Å². The Hall–Kier alpha value is -0.790. The summed E-state index contributed by atoms with van der Waals surface area (Å²) >= 11 is 0. The molecule has 0 heterocycles. The number of carbonyl (C=O) groups excluding carboxylic acids is 1. The van der Waals surface area contributed by atoms with Crippen LogP contribution in [0.3, 0.4) is 0 Å². The maximum Gasteiger partial charge on any atom is 0.305 e. The maximum absolute atomic E-state index is 11.4. The van der Waals surface area contributed by atoms with Gasteiger partial charge in [0.2, 0.25) is 0 Å². The number of esters is 1. The minimum Gasteiger partial charge on any atom is -0.466 e. The van der Waals surface area contributed by atoms with Crippen molar-refractivity contribution in [3.8, 4) is 0 Å². The van der Waals surface area contributed by atoms with Crippen molar-refractivity contribution < 1.29 is 9.53 Å². The van der Waals surface area contributed by atoms with E-state index in [-0.39, 0.29) is 5.97 Å². The first-order valence-corrected chi connectivity index (χ1v) is 12.1. The molecule has 0 fully saturated rings. The van der Waals surface area contributed by atoms with Gasteiger partial charge in [0.15, 0.2) is 0 Å². The highest BCUT2D eigenvalue weighted by atomic mass is 16.5. The van der Waals surface area contributed by atoms with Crippen LogP contribution in [0.2, 0.25) is 0 Å². The SMILES string of the molecule is CCCCCCCCCC/C=C/CCCCCCCCCC(=O)OCCC. The zero-order chi connectivity index (χ0) is 19.8. The van der Waals surface area contributed by atoms with Crippen LogP contribution in [-0.2, 0) is 9.53 Å². The summed E-state index contributed by atoms with van der Waals surface area (Å²) < 4.78 is 5.08. The number of allylic oxidation sites excluding steroid dienone is 2. The number of rotatable bonds is 21. The van der Waals surface area contributed by atoms with Crippen LogP contribution in [0.15, 0.2) is 12.2 Å². The van der Waals surface area contributed by atoms with Crippen molar-refractivity contribution in [1.29, 1.82) is 0 Å². The third-order valence-electron chi connectivity index (χ3n) is 5.11. The maximum atomic E-state index is 11.4. The average molecular weight is 381 g/mol. The van der Waals surface area contributed by atoms with E-state index in [1.54, 1.807) is 0 Å². The van der Waals surface area contributed by atoms with Crippen LogP contribution >= 0.6 is 0 Å². The zero-order valence-electron chi connectivity index (χ0n) is 18.6. The first kappa shape index (κ1) is 26.2. The Labute approximate surface area is 170 Å². The van der Waals surface area contributed by atoms with Gasteiger partial charge in [-0.3, -0.25) is 4.79 Å². The number of carbonyl (C=O) groups is 1. The number of hydrogen-bond donors (Lipinski definition) is 0. The molecule has 0 saturated carbocycles. The Morgan fingerprint density at radius 1 is 0.593 bits per heavy atom. The van der Waals surface area contributed by atoms with Gasteiger partial charge in [-0.15, -0.1) is 0 Å². The van der Waals surface area contributed by atoms with Gasteiger partial charge < -0.3 is 4.74 Å². The molecule has 0 N–H and O–H groups in total. The Balaban J connectivity index is 3.13. The highest BCUT2D eigenvalue weighted by Gasteiger charge is 2.01. The minimum absolute atomic E-state index is 0.0180. The molecule has 0 radical (unpaired) electrons. The number of ether oxygens (including phenoxy) is 1. The highest BCUT2D eigenvalue weighted by Crippen LogP contribution is 2.12. The topological polar surface area (TPSA) is 26.3 Å². The Kier molecular flexibility index (Phi) is 22.6. The van der Waals surface area contributed by atoms with Gasteiger partial charge in [-0.25, -0.2) is 0 Å². The summed E-state index contributed by atoms with van der Waals surface area (Å²) in [5, 5.41) is 0. The molecule has 2 heteroatoms. The first-order chi connectivity index (χ1) is 13.3. The van der Waals surface area contributed by atoms with E-state index in [9.17, 15) is 4.79 Å². The van der Waals surface area contributed by atoms with Crippen molar-refractivity contribution in [1.82, 2.24) is 0 Å². The van der Waals surface area contributed by atoms with Crippen molar-refractivity contribution >= 4 is 5.97 Å². The molecule has 160 valence electrons. The zero-order valence-corrected chi connectivity index (χ0v) is 18.6. The smallest absolute Gasteiger partial charge is 0.305 e. The van der Waals surface area contributed by atoms with Crippen LogP contribution in [0, 0.1) is 0 Å². The van der Waals surface area contributed by atoms with Gasteiger partial charge in [0.05, 0.1) is 6.61 Å². The third-order valence-corrected chi connectivity index (χ3v) is 5.11. The second-order valence-electron chi connectivity index (χ2n) is 7.97. The van der Waals surface area contributed by atoms with E-state index in [2.05, 4.69) is 19.1 Å². The predicted molar refractivity (Wildman–Crippen MR) is 119 cm³/mol. The van der Waals surface area contributed by atoms with Crippen LogP contribution < -0.4 is 0 Å². The normalized spacial score (nSPS) is 11.3. The largest absolute Gasteiger partial charge is 0.466 e. The summed E-state index contributed by atoms with van der Waals surface area (Å²) in [6.07, 6.45) is 28.9. The quantitative estimate of drug-likeness (QED) is 0.113. The summed E-state index contributed by atoms with van der Waals surface area (Å²) in [6, 6.07) is 0. The van der Waals surface area contributed by atoms with Crippen molar-refractivity contribution in [3.63, 3.8) is 0 Å². The minimum atomic E-state index is -0.0180. The lowest BCUT2D eigenvalue weighted by Crippen LogP contribution is -2.04. The van der Waals surface area contributed by atoms with Gasteiger partial charge in [0.25, 0.3) is 0 Å². The molecule has 0 amide bonds. The molecular formula is C25H48O2. The Bertz CT molecular complexity index is 322. The van der Waals surface area contributed by atoms with E-state index in [0.717, 1.165) is 12.8 Å². The summed E-state index contributed by atoms with van der Waals surface area (Å²) in [7, 11) is 0. The molecule has 2 nitrogen and oxygen atoms in total. The van der Waals surface area contributed by atoms with Crippen LogP contribution in [0.4, 0.5) is 0 Å². The predicted octanol–water partition coefficient (Wildman–Crippen LogP) is 8.54. The van der Waals surface area contributed by atoms with Gasteiger partial charge in [0.1, 0.15) is 0 Å². The fraction of sp³-hybridized carbons (Fsp3) is 0.880. The van der Waals surface area contributed by atoms with Crippen LogP contribution in [0.5, 0.6) is 0 Å². The Morgan fingerprint density at radius 2 is 1.04 bits per heavy atom. The van der Waals surface area contributed by atoms with Gasteiger partial charge in [0, 0.05) is 6.42 Å². The molecule has 27 heavy (non-hydrogen) atoms. The van der Waals surface area contributed by atoms with Gasteiger partial charge in [-0.05, 0) is 38.5 Å². The van der Waals surface area contributed by atoms with Gasteiger partial charge in [-0.2, -0.15) is 0 Å². The second kappa shape index (κ2) is 23.2. The van der Waals surface area contributed by atoms with E-state index >= 15 is 0 Å². The standard InChI is InChI=1S/C25H48O2/c1-3-5-6-7-8-9-10-11-12-13-14-15-16-17-18-19-20-21-22-23-25(26)27-24-4-2/h13-14H,3-12,15-24H2,1-2H3/b14-13+. The number of hydrogen-bond acceptors (Lipinski definition) is 2. The van der Waals surface area contributed by atoms with Gasteiger partial charge in [-0.1, -0.05) is 103 Å². The average Bonchev–Trinajstić information content (AvgIpc) is 2.68. The summed E-state index contributed by atoms with van der Waals surface area (Å²) in [4.78, 5) is 11.4. The molecule has 0 aliphatic heterocycles. The molecule has 0 aliphatic rings. The van der Waals surface area contributed by atoms with E-state index in [4.69, 9.17) is 4.74 Å². The molecule has 0 spiro atoms. The first-order valence-electron chi connectivity index (χ1n) is 12.1. The molecular weight excluding hydrogens is 332 g/mol. The van der Waals surface area contributed by atoms with Crippen molar-refractivity contribution in [2.75, 3.05) is 6.61 Å². The second-order valence-corrected chi connectivity index (χ2v) is 7.97. The van der Waals surface area contributed by atoms with Crippen molar-refractivity contribution in [2.45, 2.75) is 136 Å². The third kappa shape index (κ3) is 23.2. The summed E-state index contributed by atoms with van der Waals surface area (Å²) in [6.45, 7) is 4.89. The van der Waals surface area contributed by atoms with Crippen LogP contribution in [0.1, 0.15) is 136 Å². The lowest BCUT2D eigenvalue weighted by Gasteiger charge is -2.03. The van der Waals surface area contributed by atoms with Crippen LogP contribution in [-0.4, -0.2) is 12.6 Å². The molecule has 0 aliphatic carbocycles. The van der Waals surface area contributed by atoms with E-state index in [1.807, 2.05) is 6.92 Å². The highest BCUT2D eigenvalue weighted by molar-refractivity contribution is 5.69. The van der Waals surface area contributed by atoms with Crippen LogP contribution in [0.25, 0.3) is 0 Å². The Morgan fingerprint density at radius 3 is 1.52 bits per heavy atom. The molecule has 0 bridgehead atoms. The van der Waals surface area contributed by atoms with E-state index in [0.29, 0.717) is 13.0 Å². The molecule has 0 aromatic heterocycles. The monoisotopic (exact) mass is 380 g/mol. The van der Waals surface area contributed by atoms with Crippen molar-refractivity contribution in [3.05, 3.63) is 12.2 Å². The molecule has 0 atom stereocenters. The fourth-order valence-corrected chi connectivity index (χ4v) is 3.34. The lowest BCUT2D eigenvalue weighted by atomic mass is 10.1. The number of unbranched alkanes of at least 4 members (excludes halogenated alkanes) is 15. The molecule has 0 unspecified atom stereocenters. The lowest BCUT2D eigenvalue weighted by molar-refractivity contribution is -0.143. The summed E-state index contributed by atoms with van der Waals surface area (Å²) in [5.41, 5.74) is 0. The molecule has 0 aromatic rings.